The van der Waals surface area contributed by atoms with Crippen LogP contribution in [0.1, 0.15) is 19.8 Å². The molecule has 9 heteroatoms. The molecule has 114 valence electrons. The van der Waals surface area contributed by atoms with Crippen LogP contribution in [0.15, 0.2) is 0 Å². The zero-order valence-corrected chi connectivity index (χ0v) is 11.3. The number of carboxylic acid groups (broad SMARTS) is 2. The lowest BCUT2D eigenvalue weighted by Gasteiger charge is -2.23. The molecule has 0 bridgehead atoms. The van der Waals surface area contributed by atoms with Gasteiger partial charge in [0, 0.05) is 6.54 Å². The largest absolute Gasteiger partial charge is 0.481 e. The van der Waals surface area contributed by atoms with Gasteiger partial charge in [0.2, 0.25) is 0 Å². The number of nitrogens with zero attached hydrogens (tertiary/aromatic N) is 1. The minimum atomic E-state index is -1.56. The Hall–Kier alpha value is -2.32. The van der Waals surface area contributed by atoms with Gasteiger partial charge in [-0.25, -0.2) is 9.59 Å². The zero-order valence-electron chi connectivity index (χ0n) is 11.3. The van der Waals surface area contributed by atoms with Gasteiger partial charge in [0.25, 0.3) is 0 Å². The standard InChI is InChI=1S/C11H18N2O7/c1-3-4-13(6-9(16)20-2)11(19)12-7(10(17)18)5-8(14)15/h7H,3-6H2,1-2H3,(H,12,19)(H,14,15)(H,17,18). The molecule has 0 aliphatic heterocycles. The van der Waals surface area contributed by atoms with Gasteiger partial charge in [-0.15, -0.1) is 0 Å². The Labute approximate surface area is 115 Å². The number of amides is 2. The summed E-state index contributed by atoms with van der Waals surface area (Å²) in [6, 6.07) is -2.39. The quantitative estimate of drug-likeness (QED) is 0.513. The average Bonchev–Trinajstić information content (AvgIpc) is 2.36. The number of hydrogen-bond acceptors (Lipinski definition) is 5. The molecule has 9 nitrogen and oxygen atoms in total. The van der Waals surface area contributed by atoms with Crippen LogP contribution >= 0.6 is 0 Å². The minimum absolute atomic E-state index is 0.209. The van der Waals surface area contributed by atoms with Gasteiger partial charge >= 0.3 is 23.9 Å². The Morgan fingerprint density at radius 2 is 1.85 bits per heavy atom. The van der Waals surface area contributed by atoms with Crippen molar-refractivity contribution in [2.75, 3.05) is 20.2 Å². The van der Waals surface area contributed by atoms with Crippen LogP contribution < -0.4 is 5.32 Å². The van der Waals surface area contributed by atoms with Crippen molar-refractivity contribution in [3.05, 3.63) is 0 Å². The molecule has 0 saturated carbocycles. The Kier molecular flexibility index (Phi) is 7.71. The Bertz CT molecular complexity index is 383. The van der Waals surface area contributed by atoms with E-state index in [1.807, 2.05) is 0 Å². The van der Waals surface area contributed by atoms with E-state index in [9.17, 15) is 19.2 Å². The first-order chi connectivity index (χ1) is 9.31. The number of esters is 1. The highest BCUT2D eigenvalue weighted by Crippen LogP contribution is 1.99. The van der Waals surface area contributed by atoms with Crippen LogP contribution in [-0.2, 0) is 19.1 Å². The van der Waals surface area contributed by atoms with Gasteiger partial charge in [-0.3, -0.25) is 9.59 Å². The SMILES string of the molecule is CCCN(CC(=O)OC)C(=O)NC(CC(=O)O)C(=O)O. The summed E-state index contributed by atoms with van der Waals surface area (Å²) in [6.45, 7) is 1.64. The van der Waals surface area contributed by atoms with Crippen LogP contribution in [0.4, 0.5) is 4.79 Å². The van der Waals surface area contributed by atoms with E-state index in [0.29, 0.717) is 6.42 Å². The third kappa shape index (κ3) is 6.57. The predicted octanol–water partition coefficient (Wildman–Crippen LogP) is -0.491. The van der Waals surface area contributed by atoms with Crippen molar-refractivity contribution < 1.29 is 34.1 Å². The van der Waals surface area contributed by atoms with Gasteiger partial charge in [-0.05, 0) is 6.42 Å². The van der Waals surface area contributed by atoms with E-state index >= 15 is 0 Å². The van der Waals surface area contributed by atoms with E-state index in [0.717, 1.165) is 12.0 Å². The van der Waals surface area contributed by atoms with Gasteiger partial charge in [0.15, 0.2) is 0 Å². The van der Waals surface area contributed by atoms with Gasteiger partial charge in [0.05, 0.1) is 13.5 Å². The average molecular weight is 290 g/mol. The third-order valence-electron chi connectivity index (χ3n) is 2.30. The number of carboxylic acids is 2. The lowest BCUT2D eigenvalue weighted by atomic mass is 10.2. The van der Waals surface area contributed by atoms with Gasteiger partial charge in [-0.2, -0.15) is 0 Å². The highest BCUT2D eigenvalue weighted by molar-refractivity contribution is 5.87. The molecule has 0 saturated heterocycles. The van der Waals surface area contributed by atoms with Gasteiger partial charge in [0.1, 0.15) is 12.6 Å². The lowest BCUT2D eigenvalue weighted by Crippen LogP contribution is -2.50. The second kappa shape index (κ2) is 8.73. The Morgan fingerprint density at radius 1 is 1.25 bits per heavy atom. The number of carbonyl (C=O) groups excluding carboxylic acids is 2. The van der Waals surface area contributed by atoms with Crippen molar-refractivity contribution in [1.82, 2.24) is 10.2 Å². The number of hydrogen-bond donors (Lipinski definition) is 3. The third-order valence-corrected chi connectivity index (χ3v) is 2.30. The highest BCUT2D eigenvalue weighted by atomic mass is 16.5. The summed E-state index contributed by atoms with van der Waals surface area (Å²) in [5, 5.41) is 19.5. The lowest BCUT2D eigenvalue weighted by molar-refractivity contribution is -0.145. The summed E-state index contributed by atoms with van der Waals surface area (Å²) in [6.07, 6.45) is -0.208. The van der Waals surface area contributed by atoms with Crippen molar-refractivity contribution in [2.24, 2.45) is 0 Å². The van der Waals surface area contributed by atoms with Crippen LogP contribution in [0.2, 0.25) is 0 Å². The van der Waals surface area contributed by atoms with Crippen molar-refractivity contribution in [1.29, 1.82) is 0 Å². The smallest absolute Gasteiger partial charge is 0.326 e. The number of methoxy groups -OCH3 is 1. The molecule has 0 aromatic rings. The number of aliphatic carboxylic acids is 2. The second-order valence-corrected chi connectivity index (χ2v) is 3.94. The first-order valence-electron chi connectivity index (χ1n) is 5.88. The molecule has 1 unspecified atom stereocenters. The molecular formula is C11H18N2O7. The first-order valence-corrected chi connectivity index (χ1v) is 5.88. The zero-order chi connectivity index (χ0) is 15.7. The van der Waals surface area contributed by atoms with E-state index in [4.69, 9.17) is 10.2 Å². The molecule has 0 aliphatic carbocycles. The minimum Gasteiger partial charge on any atom is -0.481 e. The van der Waals surface area contributed by atoms with Gasteiger partial charge < -0.3 is 25.2 Å². The van der Waals surface area contributed by atoms with Crippen molar-refractivity contribution in [3.63, 3.8) is 0 Å². The van der Waals surface area contributed by atoms with Crippen LogP contribution in [0.3, 0.4) is 0 Å². The monoisotopic (exact) mass is 290 g/mol. The number of ether oxygens (including phenoxy) is 1. The fraction of sp³-hybridized carbons (Fsp3) is 0.636. The highest BCUT2D eigenvalue weighted by Gasteiger charge is 2.26. The van der Waals surface area contributed by atoms with E-state index in [2.05, 4.69) is 10.1 Å². The molecule has 0 fully saturated rings. The summed E-state index contributed by atoms with van der Waals surface area (Å²) in [7, 11) is 1.16. The van der Waals surface area contributed by atoms with E-state index in [-0.39, 0.29) is 13.1 Å². The molecule has 2 amide bonds. The number of urea groups is 1. The van der Waals surface area contributed by atoms with Crippen molar-refractivity contribution in [3.8, 4) is 0 Å². The van der Waals surface area contributed by atoms with E-state index < -0.39 is 36.4 Å². The summed E-state index contributed by atoms with van der Waals surface area (Å²) in [5.74, 6) is -3.47. The maximum atomic E-state index is 11.8. The fourth-order valence-electron chi connectivity index (χ4n) is 1.36. The first kappa shape index (κ1) is 17.7. The maximum absolute atomic E-state index is 11.8. The molecule has 0 aromatic carbocycles. The molecular weight excluding hydrogens is 272 g/mol. The number of rotatable bonds is 8. The van der Waals surface area contributed by atoms with E-state index in [1.165, 1.54) is 0 Å². The molecule has 0 radical (unpaired) electrons. The van der Waals surface area contributed by atoms with Crippen molar-refractivity contribution in [2.45, 2.75) is 25.8 Å². The molecule has 20 heavy (non-hydrogen) atoms. The number of nitrogens with one attached hydrogen (secondary N) is 1. The number of carbonyl (C=O) groups is 4. The van der Waals surface area contributed by atoms with Crippen LogP contribution in [0.5, 0.6) is 0 Å². The molecule has 0 aliphatic rings. The second-order valence-electron chi connectivity index (χ2n) is 3.94. The fourth-order valence-corrected chi connectivity index (χ4v) is 1.36. The molecule has 0 heterocycles. The summed E-state index contributed by atoms with van der Waals surface area (Å²) < 4.78 is 4.42. The predicted molar refractivity (Wildman–Crippen MR) is 66.1 cm³/mol. The molecule has 0 rings (SSSR count). The van der Waals surface area contributed by atoms with Crippen LogP contribution in [0.25, 0.3) is 0 Å². The topological polar surface area (TPSA) is 133 Å². The summed E-state index contributed by atoms with van der Waals surface area (Å²) in [5.41, 5.74) is 0. The van der Waals surface area contributed by atoms with Crippen LogP contribution in [0, 0.1) is 0 Å². The van der Waals surface area contributed by atoms with E-state index in [1.54, 1.807) is 6.92 Å². The van der Waals surface area contributed by atoms with Crippen LogP contribution in [-0.4, -0.2) is 65.3 Å². The van der Waals surface area contributed by atoms with Gasteiger partial charge in [-0.1, -0.05) is 6.92 Å². The Balaban J connectivity index is 4.74. The molecule has 3 N–H and O–H groups in total. The normalized spacial score (nSPS) is 11.3. The summed E-state index contributed by atoms with van der Waals surface area (Å²) in [4.78, 5) is 45.4. The molecule has 1 atom stereocenters. The molecule has 0 aromatic heterocycles. The summed E-state index contributed by atoms with van der Waals surface area (Å²) >= 11 is 0. The Morgan fingerprint density at radius 3 is 2.25 bits per heavy atom. The maximum Gasteiger partial charge on any atom is 0.326 e. The molecule has 0 spiro atoms. The van der Waals surface area contributed by atoms with Crippen molar-refractivity contribution >= 4 is 23.9 Å².